The number of carboxylic acids is 1. The summed E-state index contributed by atoms with van der Waals surface area (Å²) in [6.45, 7) is 0.203. The fourth-order valence-corrected chi connectivity index (χ4v) is 4.52. The highest BCUT2D eigenvalue weighted by molar-refractivity contribution is 5.98. The van der Waals surface area contributed by atoms with Gasteiger partial charge < -0.3 is 20.5 Å². The Morgan fingerprint density at radius 1 is 1.09 bits per heavy atom. The van der Waals surface area contributed by atoms with Crippen LogP contribution in [0.2, 0.25) is 0 Å². The zero-order chi connectivity index (χ0) is 23.9. The Balaban J connectivity index is 1.22. The molecule has 0 atom stereocenters. The summed E-state index contributed by atoms with van der Waals surface area (Å²) in [5.74, 6) is -1.64. The lowest BCUT2D eigenvalue weighted by molar-refractivity contribution is -0.140. The number of nitrogens with zero attached hydrogens (tertiary/aromatic N) is 2. The minimum atomic E-state index is -1.21. The normalized spacial score (nSPS) is 15.2. The van der Waals surface area contributed by atoms with Crippen LogP contribution in [0.3, 0.4) is 0 Å². The van der Waals surface area contributed by atoms with Crippen molar-refractivity contribution in [2.24, 2.45) is 7.05 Å². The van der Waals surface area contributed by atoms with Gasteiger partial charge in [0.15, 0.2) is 0 Å². The van der Waals surface area contributed by atoms with Crippen LogP contribution in [0.15, 0.2) is 54.7 Å². The number of aromatic nitrogens is 2. The number of carbonyl (C=O) groups excluding carboxylic acids is 2. The Morgan fingerprint density at radius 3 is 2.29 bits per heavy atom. The van der Waals surface area contributed by atoms with Gasteiger partial charge in [-0.3, -0.25) is 9.48 Å². The molecule has 2 aliphatic rings. The maximum Gasteiger partial charge on any atom is 0.407 e. The van der Waals surface area contributed by atoms with Crippen molar-refractivity contribution in [3.8, 4) is 11.1 Å². The Morgan fingerprint density at radius 2 is 1.71 bits per heavy atom. The average Bonchev–Trinajstić information content (AvgIpc) is 3.42. The smallest absolute Gasteiger partial charge is 0.407 e. The lowest BCUT2D eigenvalue weighted by Crippen LogP contribution is -2.44. The lowest BCUT2D eigenvalue weighted by Gasteiger charge is -2.15. The van der Waals surface area contributed by atoms with Crippen LogP contribution >= 0.6 is 0 Å². The largest absolute Gasteiger partial charge is 0.480 e. The van der Waals surface area contributed by atoms with E-state index < -0.39 is 23.5 Å². The minimum absolute atomic E-state index is 0.0212. The summed E-state index contributed by atoms with van der Waals surface area (Å²) in [5, 5.41) is 18.7. The van der Waals surface area contributed by atoms with Crippen LogP contribution < -0.4 is 10.6 Å². The number of hydrogen-bond acceptors (Lipinski definition) is 5. The molecule has 1 heterocycles. The number of nitrogens with one attached hydrogen (secondary N) is 2. The summed E-state index contributed by atoms with van der Waals surface area (Å²) >= 11 is 0. The van der Waals surface area contributed by atoms with E-state index >= 15 is 0 Å². The number of hydrogen-bond donors (Lipinski definition) is 3. The zero-order valence-electron chi connectivity index (χ0n) is 18.6. The minimum Gasteiger partial charge on any atom is -0.480 e. The number of fused-ring (bicyclic) bond motifs is 3. The van der Waals surface area contributed by atoms with E-state index in [4.69, 9.17) is 4.74 Å². The Labute approximate surface area is 195 Å². The summed E-state index contributed by atoms with van der Waals surface area (Å²) in [7, 11) is 1.59. The molecule has 1 fully saturated rings. The predicted molar refractivity (Wildman–Crippen MR) is 122 cm³/mol. The van der Waals surface area contributed by atoms with Gasteiger partial charge >= 0.3 is 12.1 Å². The standard InChI is InChI=1S/C25H24N4O5/c1-29-21(22(30)28-25(10-11-25)23(31)32)15(13-27-29)12-26-24(33)34-14-20-18-8-4-2-6-16(18)17-7-3-5-9-19(17)20/h2-9,13,20H,10-12,14H2,1H3,(H,26,33)(H,28,30)(H,31,32). The van der Waals surface area contributed by atoms with Crippen molar-refractivity contribution >= 4 is 18.0 Å². The van der Waals surface area contributed by atoms with E-state index in [2.05, 4.69) is 27.9 Å². The number of aliphatic carboxylic acids is 1. The number of ether oxygens (including phenoxy) is 1. The molecular weight excluding hydrogens is 436 g/mol. The highest BCUT2D eigenvalue weighted by Crippen LogP contribution is 2.44. The van der Waals surface area contributed by atoms with Gasteiger partial charge in [-0.1, -0.05) is 48.5 Å². The monoisotopic (exact) mass is 460 g/mol. The molecule has 2 amide bonds. The van der Waals surface area contributed by atoms with Crippen LogP contribution in [0.1, 0.15) is 45.9 Å². The number of carbonyl (C=O) groups is 3. The molecule has 0 radical (unpaired) electrons. The molecule has 1 saturated carbocycles. The molecule has 9 nitrogen and oxygen atoms in total. The summed E-state index contributed by atoms with van der Waals surface area (Å²) in [5.41, 5.74) is 3.99. The molecule has 3 N–H and O–H groups in total. The van der Waals surface area contributed by atoms with Crippen LogP contribution in [0.25, 0.3) is 11.1 Å². The van der Waals surface area contributed by atoms with Gasteiger partial charge in [0.1, 0.15) is 17.8 Å². The second kappa shape index (κ2) is 8.33. The van der Waals surface area contributed by atoms with E-state index in [9.17, 15) is 19.5 Å². The number of amides is 2. The number of carboxylic acid groups (broad SMARTS) is 1. The first-order chi connectivity index (χ1) is 16.4. The molecule has 174 valence electrons. The molecule has 0 bridgehead atoms. The van der Waals surface area contributed by atoms with Crippen molar-refractivity contribution in [3.05, 3.63) is 77.1 Å². The summed E-state index contributed by atoms with van der Waals surface area (Å²) in [4.78, 5) is 36.6. The average molecular weight is 460 g/mol. The van der Waals surface area contributed by atoms with E-state index in [1.807, 2.05) is 36.4 Å². The maximum absolute atomic E-state index is 12.7. The molecule has 0 spiro atoms. The van der Waals surface area contributed by atoms with Crippen molar-refractivity contribution in [1.29, 1.82) is 0 Å². The Bertz CT molecular complexity index is 1250. The van der Waals surface area contributed by atoms with Crippen molar-refractivity contribution < 1.29 is 24.2 Å². The van der Waals surface area contributed by atoms with Gasteiger partial charge in [0.05, 0.1) is 12.7 Å². The number of alkyl carbamates (subject to hydrolysis) is 1. The molecule has 2 aliphatic carbocycles. The van der Waals surface area contributed by atoms with Crippen LogP contribution in [-0.2, 0) is 23.1 Å². The highest BCUT2D eigenvalue weighted by Gasteiger charge is 2.52. The fourth-order valence-electron chi connectivity index (χ4n) is 4.52. The van der Waals surface area contributed by atoms with Gasteiger partial charge in [0.25, 0.3) is 5.91 Å². The Hall–Kier alpha value is -4.14. The summed E-state index contributed by atoms with van der Waals surface area (Å²) in [6.07, 6.45) is 1.64. The molecule has 34 heavy (non-hydrogen) atoms. The quantitative estimate of drug-likeness (QED) is 0.498. The van der Waals surface area contributed by atoms with Crippen LogP contribution in [-0.4, -0.2) is 45.0 Å². The summed E-state index contributed by atoms with van der Waals surface area (Å²) in [6, 6.07) is 16.2. The zero-order valence-corrected chi connectivity index (χ0v) is 18.6. The lowest BCUT2D eigenvalue weighted by atomic mass is 9.98. The van der Waals surface area contributed by atoms with Gasteiger partial charge in [0, 0.05) is 18.5 Å². The van der Waals surface area contributed by atoms with Crippen molar-refractivity contribution in [1.82, 2.24) is 20.4 Å². The molecule has 9 heteroatoms. The third-order valence-electron chi connectivity index (χ3n) is 6.51. The van der Waals surface area contributed by atoms with Crippen molar-refractivity contribution in [2.75, 3.05) is 6.61 Å². The second-order valence-electron chi connectivity index (χ2n) is 8.66. The van der Waals surface area contributed by atoms with Gasteiger partial charge in [-0.25, -0.2) is 9.59 Å². The number of rotatable bonds is 7. The van der Waals surface area contributed by atoms with Crippen LogP contribution in [0.4, 0.5) is 4.79 Å². The number of benzene rings is 2. The van der Waals surface area contributed by atoms with E-state index in [-0.39, 0.29) is 24.8 Å². The van der Waals surface area contributed by atoms with Crippen LogP contribution in [0.5, 0.6) is 0 Å². The first kappa shape index (κ1) is 21.7. The maximum atomic E-state index is 12.7. The number of aryl methyl sites for hydroxylation is 1. The predicted octanol–water partition coefficient (Wildman–Crippen LogP) is 2.81. The molecule has 2 aromatic carbocycles. The molecule has 3 aromatic rings. The molecule has 1 aromatic heterocycles. The molecule has 5 rings (SSSR count). The fraction of sp³-hybridized carbons (Fsp3) is 0.280. The topological polar surface area (TPSA) is 123 Å². The first-order valence-corrected chi connectivity index (χ1v) is 11.1. The van der Waals surface area contributed by atoms with Gasteiger partial charge in [0.2, 0.25) is 0 Å². The van der Waals surface area contributed by atoms with Gasteiger partial charge in [-0.15, -0.1) is 0 Å². The third-order valence-corrected chi connectivity index (χ3v) is 6.51. The van der Waals surface area contributed by atoms with Gasteiger partial charge in [-0.2, -0.15) is 5.10 Å². The Kier molecular flexibility index (Phi) is 5.31. The van der Waals surface area contributed by atoms with E-state index in [1.54, 1.807) is 7.05 Å². The second-order valence-corrected chi connectivity index (χ2v) is 8.66. The van der Waals surface area contributed by atoms with Crippen LogP contribution in [0, 0.1) is 0 Å². The molecular formula is C25H24N4O5. The first-order valence-electron chi connectivity index (χ1n) is 11.1. The highest BCUT2D eigenvalue weighted by atomic mass is 16.5. The molecule has 0 saturated heterocycles. The van der Waals surface area contributed by atoms with E-state index in [0.717, 1.165) is 22.3 Å². The SMILES string of the molecule is Cn1ncc(CNC(=O)OCC2c3ccccc3-c3ccccc32)c1C(=O)NC1(C(=O)O)CC1. The van der Waals surface area contributed by atoms with Gasteiger partial charge in [-0.05, 0) is 35.1 Å². The van der Waals surface area contributed by atoms with E-state index in [1.165, 1.54) is 10.9 Å². The van der Waals surface area contributed by atoms with Crippen molar-refractivity contribution in [2.45, 2.75) is 30.8 Å². The van der Waals surface area contributed by atoms with E-state index in [0.29, 0.717) is 18.4 Å². The summed E-state index contributed by atoms with van der Waals surface area (Å²) < 4.78 is 6.90. The molecule has 0 unspecified atom stereocenters. The van der Waals surface area contributed by atoms with Crippen molar-refractivity contribution in [3.63, 3.8) is 0 Å². The third kappa shape index (κ3) is 3.79. The molecule has 0 aliphatic heterocycles.